The SMILES string of the molecule is CCCCCCCCCCCCC/C=C/C(O)C(COP(=O)(O)OCC[N+](C)(C)C)NC(=O)CCCCCCCCCCCCC/C=C\CCCCCCCCCCCCCC. The molecule has 0 aromatic rings. The zero-order chi connectivity index (χ0) is 45.7. The largest absolute Gasteiger partial charge is 0.472 e. The van der Waals surface area contributed by atoms with Gasteiger partial charge in [-0.1, -0.05) is 231 Å². The van der Waals surface area contributed by atoms with Crippen molar-refractivity contribution in [3.05, 3.63) is 24.3 Å². The second-order valence-electron chi connectivity index (χ2n) is 19.6. The summed E-state index contributed by atoms with van der Waals surface area (Å²) in [7, 11) is 1.58. The van der Waals surface area contributed by atoms with Crippen molar-refractivity contribution in [1.82, 2.24) is 5.32 Å². The fourth-order valence-electron chi connectivity index (χ4n) is 7.92. The number of aliphatic hydroxyl groups is 1. The molecule has 368 valence electrons. The lowest BCUT2D eigenvalue weighted by Gasteiger charge is -2.25. The van der Waals surface area contributed by atoms with E-state index in [1.165, 1.54) is 199 Å². The van der Waals surface area contributed by atoms with E-state index in [-0.39, 0.29) is 19.1 Å². The number of rotatable bonds is 49. The van der Waals surface area contributed by atoms with Crippen LogP contribution in [0.3, 0.4) is 0 Å². The summed E-state index contributed by atoms with van der Waals surface area (Å²) < 4.78 is 23.6. The summed E-state index contributed by atoms with van der Waals surface area (Å²) in [5.74, 6) is -0.176. The van der Waals surface area contributed by atoms with Crippen LogP contribution in [0.15, 0.2) is 24.3 Å². The van der Waals surface area contributed by atoms with Gasteiger partial charge in [-0.05, 0) is 44.9 Å². The van der Waals surface area contributed by atoms with Crippen molar-refractivity contribution in [3.8, 4) is 0 Å². The van der Waals surface area contributed by atoms with Gasteiger partial charge in [0.25, 0.3) is 0 Å². The maximum Gasteiger partial charge on any atom is 0.472 e. The Labute approximate surface area is 385 Å². The molecule has 0 aliphatic rings. The highest BCUT2D eigenvalue weighted by Crippen LogP contribution is 2.43. The third-order valence-electron chi connectivity index (χ3n) is 12.2. The fraction of sp³-hybridized carbons (Fsp3) is 0.906. The molecule has 0 aliphatic carbocycles. The predicted octanol–water partition coefficient (Wildman–Crippen LogP) is 15.6. The lowest BCUT2D eigenvalue weighted by Crippen LogP contribution is -2.45. The summed E-state index contributed by atoms with van der Waals surface area (Å²) in [5.41, 5.74) is 0. The number of hydrogen-bond donors (Lipinski definition) is 3. The molecule has 0 aliphatic heterocycles. The van der Waals surface area contributed by atoms with Gasteiger partial charge in [-0.15, -0.1) is 0 Å². The third kappa shape index (κ3) is 47.0. The molecule has 3 atom stereocenters. The Kier molecular flexibility index (Phi) is 44.4. The smallest absolute Gasteiger partial charge is 0.387 e. The Morgan fingerprint density at radius 3 is 1.24 bits per heavy atom. The van der Waals surface area contributed by atoms with Crippen molar-refractivity contribution >= 4 is 13.7 Å². The van der Waals surface area contributed by atoms with Gasteiger partial charge < -0.3 is 19.8 Å². The highest BCUT2D eigenvalue weighted by Gasteiger charge is 2.27. The van der Waals surface area contributed by atoms with E-state index in [9.17, 15) is 19.4 Å². The molecule has 0 fully saturated rings. The molecule has 0 spiro atoms. The maximum atomic E-state index is 12.9. The quantitative estimate of drug-likeness (QED) is 0.0243. The van der Waals surface area contributed by atoms with E-state index < -0.39 is 20.0 Å². The van der Waals surface area contributed by atoms with Crippen LogP contribution in [0, 0.1) is 0 Å². The minimum atomic E-state index is -4.34. The van der Waals surface area contributed by atoms with E-state index in [1.807, 2.05) is 27.2 Å². The number of allylic oxidation sites excluding steroid dienone is 3. The highest BCUT2D eigenvalue weighted by molar-refractivity contribution is 7.47. The average Bonchev–Trinajstić information content (AvgIpc) is 3.23. The number of phosphoric acid groups is 1. The molecule has 3 N–H and O–H groups in total. The van der Waals surface area contributed by atoms with Crippen LogP contribution >= 0.6 is 7.82 Å². The number of phosphoric ester groups is 1. The highest BCUT2D eigenvalue weighted by atomic mass is 31.2. The summed E-state index contributed by atoms with van der Waals surface area (Å²) in [5, 5.41) is 13.9. The van der Waals surface area contributed by atoms with Crippen molar-refractivity contribution in [2.75, 3.05) is 40.9 Å². The molecule has 0 aromatic carbocycles. The Morgan fingerprint density at radius 1 is 0.532 bits per heavy atom. The molecule has 8 nitrogen and oxygen atoms in total. The van der Waals surface area contributed by atoms with Crippen molar-refractivity contribution in [2.24, 2.45) is 0 Å². The van der Waals surface area contributed by atoms with E-state index >= 15 is 0 Å². The first kappa shape index (κ1) is 61.0. The molecule has 1 amide bonds. The van der Waals surface area contributed by atoms with E-state index in [0.717, 1.165) is 38.5 Å². The topological polar surface area (TPSA) is 105 Å². The number of amides is 1. The molecular weight excluding hydrogens is 792 g/mol. The van der Waals surface area contributed by atoms with Crippen LogP contribution in [-0.4, -0.2) is 73.4 Å². The van der Waals surface area contributed by atoms with E-state index in [4.69, 9.17) is 9.05 Å². The van der Waals surface area contributed by atoms with Crippen molar-refractivity contribution in [3.63, 3.8) is 0 Å². The first-order valence-electron chi connectivity index (χ1n) is 26.7. The molecule has 9 heteroatoms. The van der Waals surface area contributed by atoms with Gasteiger partial charge in [0.15, 0.2) is 0 Å². The van der Waals surface area contributed by atoms with Gasteiger partial charge in [0.2, 0.25) is 5.91 Å². The van der Waals surface area contributed by atoms with Crippen LogP contribution < -0.4 is 5.32 Å². The first-order valence-corrected chi connectivity index (χ1v) is 28.2. The van der Waals surface area contributed by atoms with Gasteiger partial charge >= 0.3 is 7.82 Å². The standard InChI is InChI=1S/C53H105N2O6P/c1-6-8-10-12-14-16-18-20-21-22-23-24-25-26-27-28-29-30-31-32-33-35-37-39-41-43-45-47-53(57)54-51(50-61-62(58,59)60-49-48-55(3,4)5)52(56)46-44-42-40-38-36-34-19-17-15-13-11-9-7-2/h26-27,44,46,51-52,56H,6-25,28-43,45,47-50H2,1-5H3,(H-,54,57,58,59)/p+1/b27-26-,46-44+. The zero-order valence-corrected chi connectivity index (χ0v) is 42.8. The van der Waals surface area contributed by atoms with E-state index in [1.54, 1.807) is 6.08 Å². The molecule has 0 bridgehead atoms. The summed E-state index contributed by atoms with van der Waals surface area (Å²) in [6.45, 7) is 4.83. The van der Waals surface area contributed by atoms with Crippen LogP contribution in [0.5, 0.6) is 0 Å². The minimum absolute atomic E-state index is 0.0629. The monoisotopic (exact) mass is 898 g/mol. The minimum Gasteiger partial charge on any atom is -0.387 e. The summed E-state index contributed by atoms with van der Waals surface area (Å²) in [4.78, 5) is 23.2. The Morgan fingerprint density at radius 2 is 0.871 bits per heavy atom. The number of nitrogens with zero attached hydrogens (tertiary/aromatic N) is 1. The predicted molar refractivity (Wildman–Crippen MR) is 268 cm³/mol. The molecule has 0 heterocycles. The molecule has 0 saturated carbocycles. The zero-order valence-electron chi connectivity index (χ0n) is 41.9. The van der Waals surface area contributed by atoms with Crippen molar-refractivity contribution < 1.29 is 32.9 Å². The Bertz CT molecular complexity index is 1060. The number of hydrogen-bond acceptors (Lipinski definition) is 5. The lowest BCUT2D eigenvalue weighted by atomic mass is 10.0. The van der Waals surface area contributed by atoms with E-state index in [2.05, 4.69) is 31.3 Å². The third-order valence-corrected chi connectivity index (χ3v) is 13.1. The van der Waals surface area contributed by atoms with Gasteiger partial charge in [0, 0.05) is 6.42 Å². The first-order chi connectivity index (χ1) is 30.0. The number of carbonyl (C=O) groups is 1. The fourth-order valence-corrected chi connectivity index (χ4v) is 8.66. The normalized spacial score (nSPS) is 14.2. The van der Waals surface area contributed by atoms with Crippen LogP contribution in [-0.2, 0) is 18.4 Å². The molecule has 3 unspecified atom stereocenters. The Balaban J connectivity index is 4.13. The summed E-state index contributed by atoms with van der Waals surface area (Å²) in [6, 6.07) is -0.844. The van der Waals surface area contributed by atoms with E-state index in [0.29, 0.717) is 17.4 Å². The van der Waals surface area contributed by atoms with Crippen LogP contribution in [0.2, 0.25) is 0 Å². The molecule has 0 rings (SSSR count). The summed E-state index contributed by atoms with van der Waals surface area (Å²) >= 11 is 0. The van der Waals surface area contributed by atoms with Crippen LogP contribution in [0.1, 0.15) is 258 Å². The summed E-state index contributed by atoms with van der Waals surface area (Å²) in [6.07, 6.45) is 55.6. The maximum absolute atomic E-state index is 12.9. The van der Waals surface area contributed by atoms with Gasteiger partial charge in [-0.3, -0.25) is 13.8 Å². The number of carbonyl (C=O) groups excluding carboxylic acids is 1. The van der Waals surface area contributed by atoms with Crippen LogP contribution in [0.4, 0.5) is 0 Å². The second-order valence-corrected chi connectivity index (χ2v) is 21.1. The molecule has 0 saturated heterocycles. The van der Waals surface area contributed by atoms with Crippen LogP contribution in [0.25, 0.3) is 0 Å². The number of quaternary nitrogens is 1. The number of unbranched alkanes of at least 4 members (excludes halogenated alkanes) is 34. The number of likely N-dealkylation sites (N-methyl/N-ethyl adjacent to an activating group) is 1. The van der Waals surface area contributed by atoms with Crippen molar-refractivity contribution in [1.29, 1.82) is 0 Å². The number of nitrogens with one attached hydrogen (secondary N) is 1. The second kappa shape index (κ2) is 45.1. The average molecular weight is 898 g/mol. The van der Waals surface area contributed by atoms with Crippen molar-refractivity contribution in [2.45, 2.75) is 270 Å². The molecule has 62 heavy (non-hydrogen) atoms. The van der Waals surface area contributed by atoms with Gasteiger partial charge in [-0.25, -0.2) is 4.57 Å². The van der Waals surface area contributed by atoms with Gasteiger partial charge in [-0.2, -0.15) is 0 Å². The van der Waals surface area contributed by atoms with Gasteiger partial charge in [0.05, 0.1) is 39.9 Å². The molecular formula is C53H106N2O6P+. The Hall–Kier alpha value is -1.02. The lowest BCUT2D eigenvalue weighted by molar-refractivity contribution is -0.870. The molecule has 0 radical (unpaired) electrons. The molecule has 0 aromatic heterocycles. The number of aliphatic hydroxyl groups excluding tert-OH is 1. The van der Waals surface area contributed by atoms with Gasteiger partial charge in [0.1, 0.15) is 13.2 Å².